The summed E-state index contributed by atoms with van der Waals surface area (Å²) in [6.07, 6.45) is 9.66. The Bertz CT molecular complexity index is 336. The summed E-state index contributed by atoms with van der Waals surface area (Å²) < 4.78 is 0. The van der Waals surface area contributed by atoms with Crippen molar-refractivity contribution in [2.75, 3.05) is 6.54 Å². The fourth-order valence-electron chi connectivity index (χ4n) is 2.80. The van der Waals surface area contributed by atoms with E-state index in [1.165, 1.54) is 31.2 Å². The van der Waals surface area contributed by atoms with Gasteiger partial charge in [0.25, 0.3) is 0 Å². The molecule has 0 saturated heterocycles. The maximum Gasteiger partial charge on any atom is 0.0667 e. The standard InChI is InChI=1S/C15H24N2O/c1-12(14-6-8-16-9-7-14)17-11-15(18)10-13-4-2-3-5-13/h6-9,12-13,15,17-18H,2-5,10-11H2,1H3. The molecule has 1 aliphatic carbocycles. The topological polar surface area (TPSA) is 45.1 Å². The first-order valence-corrected chi connectivity index (χ1v) is 7.07. The second-order valence-corrected chi connectivity index (χ2v) is 5.45. The summed E-state index contributed by atoms with van der Waals surface area (Å²) in [4.78, 5) is 4.01. The lowest BCUT2D eigenvalue weighted by molar-refractivity contribution is 0.137. The zero-order valence-corrected chi connectivity index (χ0v) is 11.2. The van der Waals surface area contributed by atoms with Gasteiger partial charge in [0.05, 0.1) is 6.10 Å². The van der Waals surface area contributed by atoms with Gasteiger partial charge in [-0.05, 0) is 37.0 Å². The Hall–Kier alpha value is -0.930. The van der Waals surface area contributed by atoms with Crippen molar-refractivity contribution in [1.82, 2.24) is 10.3 Å². The van der Waals surface area contributed by atoms with Gasteiger partial charge in [0, 0.05) is 25.0 Å². The molecule has 1 aromatic heterocycles. The predicted molar refractivity (Wildman–Crippen MR) is 73.2 cm³/mol. The summed E-state index contributed by atoms with van der Waals surface area (Å²) in [5, 5.41) is 13.4. The maximum absolute atomic E-state index is 10.0. The minimum Gasteiger partial charge on any atom is -0.392 e. The minimum atomic E-state index is -0.211. The second kappa shape index (κ2) is 6.86. The quantitative estimate of drug-likeness (QED) is 0.813. The molecule has 100 valence electrons. The molecule has 2 rings (SSSR count). The smallest absolute Gasteiger partial charge is 0.0667 e. The van der Waals surface area contributed by atoms with Gasteiger partial charge in [-0.25, -0.2) is 0 Å². The Kier molecular flexibility index (Phi) is 5.14. The fourth-order valence-corrected chi connectivity index (χ4v) is 2.80. The molecule has 2 N–H and O–H groups in total. The van der Waals surface area contributed by atoms with Gasteiger partial charge in [-0.15, -0.1) is 0 Å². The van der Waals surface area contributed by atoms with Crippen molar-refractivity contribution in [2.45, 2.75) is 51.2 Å². The first kappa shape index (κ1) is 13.5. The summed E-state index contributed by atoms with van der Waals surface area (Å²) >= 11 is 0. The Balaban J connectivity index is 1.70. The van der Waals surface area contributed by atoms with Crippen LogP contribution in [0.5, 0.6) is 0 Å². The van der Waals surface area contributed by atoms with Gasteiger partial charge in [0.15, 0.2) is 0 Å². The van der Waals surface area contributed by atoms with Crippen LogP contribution in [0.3, 0.4) is 0 Å². The van der Waals surface area contributed by atoms with Crippen molar-refractivity contribution in [3.8, 4) is 0 Å². The Morgan fingerprint density at radius 1 is 1.33 bits per heavy atom. The van der Waals surface area contributed by atoms with Gasteiger partial charge >= 0.3 is 0 Å². The number of rotatable bonds is 6. The average Bonchev–Trinajstić information content (AvgIpc) is 2.90. The molecule has 1 heterocycles. The minimum absolute atomic E-state index is 0.211. The highest BCUT2D eigenvalue weighted by Crippen LogP contribution is 2.28. The molecule has 0 amide bonds. The summed E-state index contributed by atoms with van der Waals surface area (Å²) in [5.41, 5.74) is 1.22. The number of aliphatic hydroxyl groups excluding tert-OH is 1. The molecule has 2 unspecified atom stereocenters. The van der Waals surface area contributed by atoms with E-state index < -0.39 is 0 Å². The van der Waals surface area contributed by atoms with E-state index >= 15 is 0 Å². The van der Waals surface area contributed by atoms with E-state index in [4.69, 9.17) is 0 Å². The summed E-state index contributed by atoms with van der Waals surface area (Å²) in [7, 11) is 0. The average molecular weight is 248 g/mol. The van der Waals surface area contributed by atoms with E-state index in [0.29, 0.717) is 6.54 Å². The van der Waals surface area contributed by atoms with Crippen LogP contribution in [-0.4, -0.2) is 22.7 Å². The number of nitrogens with zero attached hydrogens (tertiary/aromatic N) is 1. The molecule has 2 atom stereocenters. The Morgan fingerprint density at radius 3 is 2.67 bits per heavy atom. The molecule has 18 heavy (non-hydrogen) atoms. The molecular formula is C15H24N2O. The van der Waals surface area contributed by atoms with Crippen LogP contribution in [0, 0.1) is 5.92 Å². The third-order valence-electron chi connectivity index (χ3n) is 3.95. The molecule has 0 aliphatic heterocycles. The summed E-state index contributed by atoms with van der Waals surface area (Å²) in [5.74, 6) is 0.748. The molecule has 0 aromatic carbocycles. The van der Waals surface area contributed by atoms with Crippen LogP contribution in [-0.2, 0) is 0 Å². The SMILES string of the molecule is CC(NCC(O)CC1CCCC1)c1ccncc1. The first-order chi connectivity index (χ1) is 8.75. The van der Waals surface area contributed by atoms with Crippen molar-refractivity contribution in [2.24, 2.45) is 5.92 Å². The van der Waals surface area contributed by atoms with E-state index in [1.54, 1.807) is 0 Å². The molecule has 1 aliphatic rings. The van der Waals surface area contributed by atoms with Crippen LogP contribution in [0.25, 0.3) is 0 Å². The van der Waals surface area contributed by atoms with Crippen LogP contribution in [0.4, 0.5) is 0 Å². The van der Waals surface area contributed by atoms with Crippen molar-refractivity contribution in [1.29, 1.82) is 0 Å². The number of aromatic nitrogens is 1. The lowest BCUT2D eigenvalue weighted by Gasteiger charge is -2.19. The van der Waals surface area contributed by atoms with Crippen LogP contribution in [0.2, 0.25) is 0 Å². The van der Waals surface area contributed by atoms with Gasteiger partial charge in [-0.1, -0.05) is 25.7 Å². The van der Waals surface area contributed by atoms with Crippen LogP contribution < -0.4 is 5.32 Å². The highest BCUT2D eigenvalue weighted by atomic mass is 16.3. The zero-order chi connectivity index (χ0) is 12.8. The van der Waals surface area contributed by atoms with Crippen LogP contribution in [0.15, 0.2) is 24.5 Å². The first-order valence-electron chi connectivity index (χ1n) is 7.07. The maximum atomic E-state index is 10.0. The number of hydrogen-bond acceptors (Lipinski definition) is 3. The third kappa shape index (κ3) is 4.07. The largest absolute Gasteiger partial charge is 0.392 e. The summed E-state index contributed by atoms with van der Waals surface area (Å²) in [6, 6.07) is 4.30. The summed E-state index contributed by atoms with van der Waals surface area (Å²) in [6.45, 7) is 2.80. The van der Waals surface area contributed by atoms with E-state index in [1.807, 2.05) is 24.5 Å². The number of nitrogens with one attached hydrogen (secondary N) is 1. The van der Waals surface area contributed by atoms with E-state index in [-0.39, 0.29) is 12.1 Å². The molecule has 0 radical (unpaired) electrons. The number of aliphatic hydroxyl groups is 1. The Labute approximate surface area is 110 Å². The third-order valence-corrected chi connectivity index (χ3v) is 3.95. The van der Waals surface area contributed by atoms with Gasteiger partial charge in [-0.3, -0.25) is 4.98 Å². The molecule has 3 heteroatoms. The molecule has 0 bridgehead atoms. The highest BCUT2D eigenvalue weighted by molar-refractivity contribution is 5.13. The van der Waals surface area contributed by atoms with Crippen molar-refractivity contribution < 1.29 is 5.11 Å². The molecule has 1 saturated carbocycles. The second-order valence-electron chi connectivity index (χ2n) is 5.45. The molecule has 3 nitrogen and oxygen atoms in total. The molecule has 0 spiro atoms. The van der Waals surface area contributed by atoms with Crippen LogP contribution >= 0.6 is 0 Å². The Morgan fingerprint density at radius 2 is 2.00 bits per heavy atom. The van der Waals surface area contributed by atoms with Crippen molar-refractivity contribution in [3.63, 3.8) is 0 Å². The van der Waals surface area contributed by atoms with E-state index in [9.17, 15) is 5.11 Å². The lowest BCUT2D eigenvalue weighted by Crippen LogP contribution is -2.30. The van der Waals surface area contributed by atoms with Crippen molar-refractivity contribution >= 4 is 0 Å². The predicted octanol–water partition coefficient (Wildman–Crippen LogP) is 2.67. The number of pyridine rings is 1. The van der Waals surface area contributed by atoms with E-state index in [2.05, 4.69) is 17.2 Å². The molecule has 1 fully saturated rings. The van der Waals surface area contributed by atoms with Gasteiger partial charge in [-0.2, -0.15) is 0 Å². The van der Waals surface area contributed by atoms with Gasteiger partial charge in [0.2, 0.25) is 0 Å². The number of hydrogen-bond donors (Lipinski definition) is 2. The highest BCUT2D eigenvalue weighted by Gasteiger charge is 2.19. The van der Waals surface area contributed by atoms with Crippen LogP contribution in [0.1, 0.15) is 50.6 Å². The van der Waals surface area contributed by atoms with Crippen molar-refractivity contribution in [3.05, 3.63) is 30.1 Å². The molecule has 1 aromatic rings. The fraction of sp³-hybridized carbons (Fsp3) is 0.667. The monoisotopic (exact) mass is 248 g/mol. The molecular weight excluding hydrogens is 224 g/mol. The van der Waals surface area contributed by atoms with Gasteiger partial charge < -0.3 is 10.4 Å². The van der Waals surface area contributed by atoms with E-state index in [0.717, 1.165) is 12.3 Å². The normalized spacial score (nSPS) is 19.9. The van der Waals surface area contributed by atoms with Gasteiger partial charge in [0.1, 0.15) is 0 Å². The lowest BCUT2D eigenvalue weighted by atomic mass is 10.00. The zero-order valence-electron chi connectivity index (χ0n) is 11.2.